The first-order valence-electron chi connectivity index (χ1n) is 8.66. The molecule has 0 unspecified atom stereocenters. The van der Waals surface area contributed by atoms with Crippen LogP contribution in [0.25, 0.3) is 5.76 Å². The Morgan fingerprint density at radius 1 is 1.00 bits per heavy atom. The molecule has 3 rings (SSSR count). The Morgan fingerprint density at radius 2 is 1.73 bits per heavy atom. The van der Waals surface area contributed by atoms with E-state index in [4.69, 9.17) is 16.3 Å². The molecule has 22 heavy (non-hydrogen) atoms. The van der Waals surface area contributed by atoms with Crippen LogP contribution in [0, 0.1) is 0 Å². The number of halogens is 1. The largest absolute Gasteiger partial charge is 0.492 e. The average molecular weight is 320 g/mol. The maximum atomic E-state index is 6.40. The fourth-order valence-electron chi connectivity index (χ4n) is 3.50. The first-order valence-corrected chi connectivity index (χ1v) is 9.04. The SMILES string of the molecule is Clc1ccccc1C(OCCN1CCCCC1)=C1CCCC1. The molecule has 1 saturated carbocycles. The van der Waals surface area contributed by atoms with Crippen molar-refractivity contribution in [1.82, 2.24) is 4.90 Å². The van der Waals surface area contributed by atoms with Crippen LogP contribution in [-0.4, -0.2) is 31.1 Å². The van der Waals surface area contributed by atoms with E-state index < -0.39 is 0 Å². The Labute approximate surface area is 139 Å². The molecule has 1 saturated heterocycles. The number of likely N-dealkylation sites (tertiary alicyclic amines) is 1. The number of nitrogens with zero attached hydrogens (tertiary/aromatic N) is 1. The first-order chi connectivity index (χ1) is 10.8. The predicted octanol–water partition coefficient (Wildman–Crippen LogP) is 5.13. The normalized spacial score (nSPS) is 19.4. The summed E-state index contributed by atoms with van der Waals surface area (Å²) in [4.78, 5) is 2.52. The molecule has 1 heterocycles. The van der Waals surface area contributed by atoms with Crippen LogP contribution in [0.4, 0.5) is 0 Å². The molecule has 1 aliphatic carbocycles. The van der Waals surface area contributed by atoms with Gasteiger partial charge in [0.05, 0.1) is 5.02 Å². The quantitative estimate of drug-likeness (QED) is 0.698. The zero-order chi connectivity index (χ0) is 15.2. The van der Waals surface area contributed by atoms with Gasteiger partial charge in [0, 0.05) is 12.1 Å². The fraction of sp³-hybridized carbons (Fsp3) is 0.579. The van der Waals surface area contributed by atoms with E-state index in [2.05, 4.69) is 11.0 Å². The minimum absolute atomic E-state index is 0.768. The lowest BCUT2D eigenvalue weighted by Gasteiger charge is -2.26. The highest BCUT2D eigenvalue weighted by Gasteiger charge is 2.18. The summed E-state index contributed by atoms with van der Waals surface area (Å²) < 4.78 is 6.25. The third-order valence-electron chi connectivity index (χ3n) is 4.75. The minimum atomic E-state index is 0.768. The van der Waals surface area contributed by atoms with E-state index in [1.54, 1.807) is 0 Å². The zero-order valence-electron chi connectivity index (χ0n) is 13.3. The van der Waals surface area contributed by atoms with Gasteiger partial charge in [0.1, 0.15) is 12.4 Å². The molecule has 120 valence electrons. The second kappa shape index (κ2) is 8.03. The summed E-state index contributed by atoms with van der Waals surface area (Å²) in [6, 6.07) is 8.07. The van der Waals surface area contributed by atoms with Gasteiger partial charge in [0.15, 0.2) is 0 Å². The molecule has 3 heteroatoms. The number of piperidine rings is 1. The summed E-state index contributed by atoms with van der Waals surface area (Å²) in [6.07, 6.45) is 8.91. The number of benzene rings is 1. The molecule has 0 amide bonds. The highest BCUT2D eigenvalue weighted by molar-refractivity contribution is 6.32. The molecule has 1 aromatic rings. The first kappa shape index (κ1) is 15.9. The van der Waals surface area contributed by atoms with Crippen LogP contribution in [-0.2, 0) is 4.74 Å². The van der Waals surface area contributed by atoms with E-state index in [1.165, 1.54) is 50.8 Å². The lowest BCUT2D eigenvalue weighted by Crippen LogP contribution is -2.32. The van der Waals surface area contributed by atoms with E-state index >= 15 is 0 Å². The van der Waals surface area contributed by atoms with Gasteiger partial charge in [-0.1, -0.05) is 30.2 Å². The molecule has 2 fully saturated rings. The van der Waals surface area contributed by atoms with E-state index in [0.29, 0.717) is 0 Å². The number of ether oxygens (including phenoxy) is 1. The topological polar surface area (TPSA) is 12.5 Å². The summed E-state index contributed by atoms with van der Waals surface area (Å²) in [5, 5.41) is 0.801. The molecule has 0 radical (unpaired) electrons. The van der Waals surface area contributed by atoms with Crippen molar-refractivity contribution in [3.8, 4) is 0 Å². The Balaban J connectivity index is 1.67. The number of allylic oxidation sites excluding steroid dienone is 1. The number of hydrogen-bond donors (Lipinski definition) is 0. The summed E-state index contributed by atoms with van der Waals surface area (Å²) in [5.74, 6) is 1.06. The van der Waals surface area contributed by atoms with E-state index in [-0.39, 0.29) is 0 Å². The number of hydrogen-bond acceptors (Lipinski definition) is 2. The predicted molar refractivity (Wildman–Crippen MR) is 93.1 cm³/mol. The van der Waals surface area contributed by atoms with E-state index in [1.807, 2.05) is 18.2 Å². The van der Waals surface area contributed by atoms with Crippen molar-refractivity contribution < 1.29 is 4.74 Å². The Hall–Kier alpha value is -0.990. The fourth-order valence-corrected chi connectivity index (χ4v) is 3.73. The molecule has 0 atom stereocenters. The molecule has 0 N–H and O–H groups in total. The van der Waals surface area contributed by atoms with Crippen molar-refractivity contribution in [2.75, 3.05) is 26.2 Å². The second-order valence-electron chi connectivity index (χ2n) is 6.37. The minimum Gasteiger partial charge on any atom is -0.492 e. The van der Waals surface area contributed by atoms with E-state index in [0.717, 1.165) is 42.3 Å². The average Bonchev–Trinajstić information content (AvgIpc) is 3.08. The molecule has 0 spiro atoms. The van der Waals surface area contributed by atoms with Gasteiger partial charge in [0.25, 0.3) is 0 Å². The monoisotopic (exact) mass is 319 g/mol. The summed E-state index contributed by atoms with van der Waals surface area (Å²) in [6.45, 7) is 4.24. The van der Waals surface area contributed by atoms with Crippen LogP contribution < -0.4 is 0 Å². The Morgan fingerprint density at radius 3 is 2.45 bits per heavy atom. The summed E-state index contributed by atoms with van der Waals surface area (Å²) in [7, 11) is 0. The standard InChI is InChI=1S/C19H26ClNO/c20-18-11-5-4-10-17(18)19(16-8-2-3-9-16)22-15-14-21-12-6-1-7-13-21/h4-5,10-11H,1-3,6-9,12-15H2. The van der Waals surface area contributed by atoms with Crippen LogP contribution in [0.1, 0.15) is 50.5 Å². The van der Waals surface area contributed by atoms with Gasteiger partial charge >= 0.3 is 0 Å². The van der Waals surface area contributed by atoms with Crippen LogP contribution >= 0.6 is 11.6 Å². The van der Waals surface area contributed by atoms with Crippen molar-refractivity contribution in [2.45, 2.75) is 44.9 Å². The Bertz CT molecular complexity index is 512. The lowest BCUT2D eigenvalue weighted by atomic mass is 10.1. The van der Waals surface area contributed by atoms with Gasteiger partial charge in [-0.25, -0.2) is 0 Å². The molecule has 0 bridgehead atoms. The summed E-state index contributed by atoms with van der Waals surface area (Å²) in [5.41, 5.74) is 2.52. The molecular weight excluding hydrogens is 294 g/mol. The maximum absolute atomic E-state index is 6.40. The molecule has 2 aliphatic rings. The van der Waals surface area contributed by atoms with Gasteiger partial charge in [0.2, 0.25) is 0 Å². The van der Waals surface area contributed by atoms with Gasteiger partial charge < -0.3 is 4.74 Å². The smallest absolute Gasteiger partial charge is 0.127 e. The lowest BCUT2D eigenvalue weighted by molar-refractivity contribution is 0.169. The van der Waals surface area contributed by atoms with E-state index in [9.17, 15) is 0 Å². The highest BCUT2D eigenvalue weighted by Crippen LogP contribution is 2.35. The molecular formula is C19H26ClNO. The van der Waals surface area contributed by atoms with Crippen molar-refractivity contribution in [3.63, 3.8) is 0 Å². The Kier molecular flexibility index (Phi) is 5.80. The molecule has 0 aromatic heterocycles. The molecule has 1 aromatic carbocycles. The van der Waals surface area contributed by atoms with Crippen molar-refractivity contribution >= 4 is 17.4 Å². The van der Waals surface area contributed by atoms with Gasteiger partial charge in [-0.3, -0.25) is 4.90 Å². The molecule has 2 nitrogen and oxygen atoms in total. The maximum Gasteiger partial charge on any atom is 0.127 e. The third-order valence-corrected chi connectivity index (χ3v) is 5.08. The third kappa shape index (κ3) is 4.05. The number of rotatable bonds is 5. The van der Waals surface area contributed by atoms with Crippen molar-refractivity contribution in [2.24, 2.45) is 0 Å². The second-order valence-corrected chi connectivity index (χ2v) is 6.78. The van der Waals surface area contributed by atoms with Gasteiger partial charge in [-0.15, -0.1) is 0 Å². The van der Waals surface area contributed by atoms with Crippen LogP contribution in [0.2, 0.25) is 5.02 Å². The van der Waals surface area contributed by atoms with Crippen LogP contribution in [0.3, 0.4) is 0 Å². The van der Waals surface area contributed by atoms with Crippen LogP contribution in [0.5, 0.6) is 0 Å². The van der Waals surface area contributed by atoms with Gasteiger partial charge in [-0.2, -0.15) is 0 Å². The van der Waals surface area contributed by atoms with Crippen molar-refractivity contribution in [3.05, 3.63) is 40.4 Å². The molecule has 1 aliphatic heterocycles. The zero-order valence-corrected chi connectivity index (χ0v) is 14.1. The summed E-state index contributed by atoms with van der Waals surface area (Å²) >= 11 is 6.40. The van der Waals surface area contributed by atoms with Gasteiger partial charge in [-0.05, 0) is 69.3 Å². The van der Waals surface area contributed by atoms with Crippen LogP contribution in [0.15, 0.2) is 29.8 Å². The highest BCUT2D eigenvalue weighted by atomic mass is 35.5. The van der Waals surface area contributed by atoms with Crippen molar-refractivity contribution in [1.29, 1.82) is 0 Å².